The van der Waals surface area contributed by atoms with Crippen molar-refractivity contribution in [2.45, 2.75) is 18.6 Å². The molecule has 2 atom stereocenters. The highest BCUT2D eigenvalue weighted by Crippen LogP contribution is 2.33. The zero-order chi connectivity index (χ0) is 17.8. The predicted octanol–water partition coefficient (Wildman–Crippen LogP) is 0.930. The second kappa shape index (κ2) is 7.69. The van der Waals surface area contributed by atoms with Gasteiger partial charge in [-0.25, -0.2) is 15.0 Å². The number of aromatic nitrogens is 4. The Morgan fingerprint density at radius 2 is 2.23 bits per heavy atom. The van der Waals surface area contributed by atoms with Crippen LogP contribution in [0.4, 0.5) is 5.95 Å². The van der Waals surface area contributed by atoms with E-state index >= 15 is 0 Å². The minimum atomic E-state index is -0.223. The van der Waals surface area contributed by atoms with Crippen LogP contribution in [-0.4, -0.2) is 69.5 Å². The van der Waals surface area contributed by atoms with E-state index in [0.29, 0.717) is 18.5 Å². The van der Waals surface area contributed by atoms with Gasteiger partial charge in [0.25, 0.3) is 0 Å². The monoisotopic (exact) mass is 358 g/mol. The lowest BCUT2D eigenvalue weighted by molar-refractivity contribution is -0.0563. The molecule has 2 aromatic heterocycles. The molecular formula is C18H26N6O2. The third-order valence-electron chi connectivity index (χ3n) is 5.13. The van der Waals surface area contributed by atoms with Crippen molar-refractivity contribution in [2.24, 2.45) is 13.0 Å². The number of anilines is 1. The van der Waals surface area contributed by atoms with Crippen LogP contribution in [0, 0.1) is 5.92 Å². The van der Waals surface area contributed by atoms with E-state index in [2.05, 4.69) is 29.7 Å². The van der Waals surface area contributed by atoms with Gasteiger partial charge in [-0.15, -0.1) is 0 Å². The van der Waals surface area contributed by atoms with Gasteiger partial charge in [0.05, 0.1) is 31.8 Å². The Hall–Kier alpha value is -2.03. The van der Waals surface area contributed by atoms with Gasteiger partial charge in [-0.3, -0.25) is 4.90 Å². The van der Waals surface area contributed by atoms with Crippen LogP contribution < -0.4 is 5.32 Å². The largest absolute Gasteiger partial charge is 0.377 e. The maximum atomic E-state index is 6.27. The van der Waals surface area contributed by atoms with Crippen molar-refractivity contribution in [3.05, 3.63) is 36.7 Å². The van der Waals surface area contributed by atoms with Crippen LogP contribution in [0.2, 0.25) is 0 Å². The van der Waals surface area contributed by atoms with Gasteiger partial charge in [0.2, 0.25) is 5.95 Å². The molecule has 2 unspecified atom stereocenters. The van der Waals surface area contributed by atoms with E-state index in [1.54, 1.807) is 12.4 Å². The fourth-order valence-electron chi connectivity index (χ4n) is 3.79. The number of rotatable bonds is 5. The highest BCUT2D eigenvalue weighted by atomic mass is 16.5. The Morgan fingerprint density at radius 1 is 1.35 bits per heavy atom. The standard InChI is InChI=1S/C18H26N6O2/c1-23-14-19-9-16(23)10-24-5-6-25-13-18(12-24)7-15(11-26-18)8-22-17-20-3-2-4-21-17/h2-4,9,14-15H,5-8,10-13H2,1H3,(H,20,21,22). The first-order valence-electron chi connectivity index (χ1n) is 9.13. The van der Waals surface area contributed by atoms with E-state index in [-0.39, 0.29) is 5.60 Å². The molecule has 2 aliphatic rings. The molecule has 2 aliphatic heterocycles. The molecule has 0 aromatic carbocycles. The Kier molecular flexibility index (Phi) is 5.14. The predicted molar refractivity (Wildman–Crippen MR) is 96.6 cm³/mol. The molecule has 8 nitrogen and oxygen atoms in total. The maximum absolute atomic E-state index is 6.27. The summed E-state index contributed by atoms with van der Waals surface area (Å²) < 4.78 is 14.2. The number of nitrogens with zero attached hydrogens (tertiary/aromatic N) is 5. The van der Waals surface area contributed by atoms with Crippen LogP contribution >= 0.6 is 0 Å². The molecule has 0 saturated carbocycles. The maximum Gasteiger partial charge on any atom is 0.222 e. The Bertz CT molecular complexity index is 709. The minimum Gasteiger partial charge on any atom is -0.377 e. The first kappa shape index (κ1) is 17.4. The van der Waals surface area contributed by atoms with Crippen LogP contribution in [0.1, 0.15) is 12.1 Å². The number of imidazole rings is 1. The van der Waals surface area contributed by atoms with Crippen molar-refractivity contribution < 1.29 is 9.47 Å². The zero-order valence-corrected chi connectivity index (χ0v) is 15.2. The molecule has 26 heavy (non-hydrogen) atoms. The first-order chi connectivity index (χ1) is 12.7. The third-order valence-corrected chi connectivity index (χ3v) is 5.13. The van der Waals surface area contributed by atoms with E-state index in [9.17, 15) is 0 Å². The van der Waals surface area contributed by atoms with Crippen molar-refractivity contribution in [2.75, 3.05) is 44.8 Å². The summed E-state index contributed by atoms with van der Waals surface area (Å²) in [5, 5.41) is 3.31. The van der Waals surface area contributed by atoms with Gasteiger partial charge in [0.15, 0.2) is 0 Å². The highest BCUT2D eigenvalue weighted by Gasteiger charge is 2.43. The van der Waals surface area contributed by atoms with Crippen molar-refractivity contribution >= 4 is 5.95 Å². The number of ether oxygens (including phenoxy) is 2. The average Bonchev–Trinajstić information content (AvgIpc) is 3.18. The molecule has 2 saturated heterocycles. The lowest BCUT2D eigenvalue weighted by Gasteiger charge is -2.31. The van der Waals surface area contributed by atoms with Gasteiger partial charge in [0.1, 0.15) is 5.60 Å². The molecule has 1 spiro atoms. The van der Waals surface area contributed by atoms with E-state index in [1.807, 2.05) is 25.6 Å². The van der Waals surface area contributed by atoms with Crippen LogP contribution in [0.15, 0.2) is 31.0 Å². The molecule has 8 heteroatoms. The van der Waals surface area contributed by atoms with E-state index in [0.717, 1.165) is 45.8 Å². The molecule has 1 N–H and O–H groups in total. The van der Waals surface area contributed by atoms with E-state index in [1.165, 1.54) is 5.69 Å². The average molecular weight is 358 g/mol. The summed E-state index contributed by atoms with van der Waals surface area (Å²) in [4.78, 5) is 15.1. The van der Waals surface area contributed by atoms with Crippen molar-refractivity contribution in [3.63, 3.8) is 0 Å². The summed E-state index contributed by atoms with van der Waals surface area (Å²) in [5.74, 6) is 1.10. The first-order valence-corrected chi connectivity index (χ1v) is 9.13. The minimum absolute atomic E-state index is 0.223. The van der Waals surface area contributed by atoms with Crippen molar-refractivity contribution in [1.82, 2.24) is 24.4 Å². The molecule has 4 rings (SSSR count). The quantitative estimate of drug-likeness (QED) is 0.852. The summed E-state index contributed by atoms with van der Waals surface area (Å²) in [6, 6.07) is 1.82. The van der Waals surface area contributed by atoms with Crippen molar-refractivity contribution in [3.8, 4) is 0 Å². The molecule has 140 valence electrons. The summed E-state index contributed by atoms with van der Waals surface area (Å²) in [7, 11) is 2.03. The van der Waals surface area contributed by atoms with Crippen LogP contribution in [-0.2, 0) is 23.1 Å². The normalized spacial score (nSPS) is 26.9. The third kappa shape index (κ3) is 4.03. The highest BCUT2D eigenvalue weighted by molar-refractivity contribution is 5.22. The van der Waals surface area contributed by atoms with Gasteiger partial charge in [-0.2, -0.15) is 0 Å². The van der Waals surface area contributed by atoms with Gasteiger partial charge >= 0.3 is 0 Å². The molecular weight excluding hydrogens is 332 g/mol. The topological polar surface area (TPSA) is 77.3 Å². The van der Waals surface area contributed by atoms with Gasteiger partial charge in [-0.1, -0.05) is 0 Å². The lowest BCUT2D eigenvalue weighted by Crippen LogP contribution is -2.44. The molecule has 4 heterocycles. The Morgan fingerprint density at radius 3 is 3.04 bits per heavy atom. The summed E-state index contributed by atoms with van der Waals surface area (Å²) in [5.41, 5.74) is 0.985. The second-order valence-corrected chi connectivity index (χ2v) is 7.28. The van der Waals surface area contributed by atoms with Gasteiger partial charge in [-0.05, 0) is 12.5 Å². The molecule has 0 amide bonds. The molecule has 2 fully saturated rings. The van der Waals surface area contributed by atoms with Gasteiger partial charge in [0, 0.05) is 57.7 Å². The smallest absolute Gasteiger partial charge is 0.222 e. The van der Waals surface area contributed by atoms with Crippen LogP contribution in [0.5, 0.6) is 0 Å². The SMILES string of the molecule is Cn1cncc1CN1CCOCC2(CC(CNc3ncccn3)CO2)C1. The van der Waals surface area contributed by atoms with Gasteiger partial charge < -0.3 is 19.4 Å². The van der Waals surface area contributed by atoms with Crippen molar-refractivity contribution in [1.29, 1.82) is 0 Å². The Balaban J connectivity index is 1.35. The molecule has 0 aliphatic carbocycles. The van der Waals surface area contributed by atoms with E-state index < -0.39 is 0 Å². The fraction of sp³-hybridized carbons (Fsp3) is 0.611. The molecule has 0 radical (unpaired) electrons. The van der Waals surface area contributed by atoms with Crippen LogP contribution in [0.3, 0.4) is 0 Å². The second-order valence-electron chi connectivity index (χ2n) is 7.28. The fourth-order valence-corrected chi connectivity index (χ4v) is 3.79. The summed E-state index contributed by atoms with van der Waals surface area (Å²) in [6.45, 7) is 5.62. The Labute approximate surface area is 153 Å². The summed E-state index contributed by atoms with van der Waals surface area (Å²) >= 11 is 0. The van der Waals surface area contributed by atoms with E-state index in [4.69, 9.17) is 9.47 Å². The zero-order valence-electron chi connectivity index (χ0n) is 15.2. The number of aryl methyl sites for hydroxylation is 1. The molecule has 0 bridgehead atoms. The number of hydrogen-bond acceptors (Lipinski definition) is 7. The lowest BCUT2D eigenvalue weighted by atomic mass is 9.94. The number of nitrogens with one attached hydrogen (secondary N) is 1. The van der Waals surface area contributed by atoms with Crippen LogP contribution in [0.25, 0.3) is 0 Å². The summed E-state index contributed by atoms with van der Waals surface area (Å²) in [6.07, 6.45) is 8.25. The molecule has 2 aromatic rings. The number of hydrogen-bond donors (Lipinski definition) is 1.